The average Bonchev–Trinajstić information content (AvgIpc) is 2.46. The minimum atomic E-state index is 0.0279. The molecule has 2 rings (SSSR count). The zero-order valence-corrected chi connectivity index (χ0v) is 11.6. The molecular weight excluding hydrogens is 236 g/mol. The zero-order valence-electron chi connectivity index (χ0n) is 11.6. The average molecular weight is 254 g/mol. The van der Waals surface area contributed by atoms with E-state index in [4.69, 9.17) is 0 Å². The van der Waals surface area contributed by atoms with Crippen molar-refractivity contribution in [2.45, 2.75) is 20.3 Å². The molecule has 3 nitrogen and oxygen atoms in total. The number of aryl methyl sites for hydroxylation is 1. The fraction of sp³-hybridized carbons (Fsp3) is 0.250. The van der Waals surface area contributed by atoms with Crippen LogP contribution in [0.2, 0.25) is 0 Å². The molecule has 19 heavy (non-hydrogen) atoms. The first-order valence-corrected chi connectivity index (χ1v) is 6.42. The molecule has 0 saturated heterocycles. The van der Waals surface area contributed by atoms with Gasteiger partial charge in [0.15, 0.2) is 5.78 Å². The monoisotopic (exact) mass is 254 g/mol. The van der Waals surface area contributed by atoms with E-state index in [9.17, 15) is 4.79 Å². The Morgan fingerprint density at radius 2 is 1.89 bits per heavy atom. The molecule has 0 aliphatic carbocycles. The van der Waals surface area contributed by atoms with Gasteiger partial charge < -0.3 is 4.90 Å². The molecular formula is C16H18N2O. The Hall–Kier alpha value is -2.16. The van der Waals surface area contributed by atoms with Gasteiger partial charge in [0, 0.05) is 18.9 Å². The summed E-state index contributed by atoms with van der Waals surface area (Å²) in [5, 5.41) is 0. The molecule has 1 aromatic heterocycles. The van der Waals surface area contributed by atoms with Gasteiger partial charge in [0.1, 0.15) is 5.82 Å². The second-order valence-corrected chi connectivity index (χ2v) is 4.51. The first-order valence-electron chi connectivity index (χ1n) is 6.42. The molecule has 0 saturated carbocycles. The van der Waals surface area contributed by atoms with E-state index in [0.717, 1.165) is 12.1 Å². The van der Waals surface area contributed by atoms with Crippen LogP contribution >= 0.6 is 0 Å². The second-order valence-electron chi connectivity index (χ2n) is 4.51. The van der Waals surface area contributed by atoms with E-state index in [0.29, 0.717) is 11.4 Å². The highest BCUT2D eigenvalue weighted by atomic mass is 16.1. The van der Waals surface area contributed by atoms with Crippen molar-refractivity contribution in [2.24, 2.45) is 0 Å². The van der Waals surface area contributed by atoms with Gasteiger partial charge in [0.25, 0.3) is 0 Å². The van der Waals surface area contributed by atoms with Gasteiger partial charge in [-0.3, -0.25) is 4.79 Å². The minimum absolute atomic E-state index is 0.0279. The number of carbonyl (C=O) groups is 1. The summed E-state index contributed by atoms with van der Waals surface area (Å²) in [5.41, 5.74) is 2.97. The number of hydrogen-bond donors (Lipinski definition) is 0. The molecule has 0 radical (unpaired) electrons. The number of carbonyl (C=O) groups excluding carboxylic acids is 1. The lowest BCUT2D eigenvalue weighted by Gasteiger charge is -2.20. The zero-order chi connectivity index (χ0) is 13.8. The lowest BCUT2D eigenvalue weighted by atomic mass is 10.1. The number of rotatable bonds is 4. The van der Waals surface area contributed by atoms with Crippen LogP contribution in [-0.2, 0) is 6.42 Å². The molecule has 0 aliphatic rings. The third kappa shape index (κ3) is 2.81. The van der Waals surface area contributed by atoms with Crippen LogP contribution in [0.1, 0.15) is 29.8 Å². The SMILES string of the molecule is CCc1ccc(N(C)c2ncccc2C(C)=O)cc1. The normalized spacial score (nSPS) is 10.3. The number of pyridine rings is 1. The van der Waals surface area contributed by atoms with E-state index in [1.165, 1.54) is 5.56 Å². The van der Waals surface area contributed by atoms with Crippen LogP contribution in [0.4, 0.5) is 11.5 Å². The van der Waals surface area contributed by atoms with Gasteiger partial charge in [-0.15, -0.1) is 0 Å². The summed E-state index contributed by atoms with van der Waals surface area (Å²) in [5.74, 6) is 0.722. The van der Waals surface area contributed by atoms with Crippen LogP contribution in [0.5, 0.6) is 0 Å². The van der Waals surface area contributed by atoms with Crippen LogP contribution in [0.15, 0.2) is 42.6 Å². The molecule has 0 atom stereocenters. The van der Waals surface area contributed by atoms with Gasteiger partial charge in [-0.05, 0) is 43.2 Å². The van der Waals surface area contributed by atoms with Crippen molar-refractivity contribution >= 4 is 17.3 Å². The van der Waals surface area contributed by atoms with Crippen LogP contribution in [0.25, 0.3) is 0 Å². The van der Waals surface area contributed by atoms with Crippen molar-refractivity contribution in [3.8, 4) is 0 Å². The molecule has 3 heteroatoms. The number of hydrogen-bond acceptors (Lipinski definition) is 3. The molecule has 98 valence electrons. The summed E-state index contributed by atoms with van der Waals surface area (Å²) in [6.45, 7) is 3.69. The standard InChI is InChI=1S/C16H18N2O/c1-4-13-7-9-14(10-8-13)18(3)16-15(12(2)19)6-5-11-17-16/h5-11H,4H2,1-3H3. The first kappa shape index (κ1) is 13.3. The van der Waals surface area contributed by atoms with E-state index in [-0.39, 0.29) is 5.78 Å². The number of benzene rings is 1. The summed E-state index contributed by atoms with van der Waals surface area (Å²) in [4.78, 5) is 17.9. The molecule has 0 amide bonds. The molecule has 0 spiro atoms. The van der Waals surface area contributed by atoms with Crippen molar-refractivity contribution in [2.75, 3.05) is 11.9 Å². The third-order valence-electron chi connectivity index (χ3n) is 3.22. The van der Waals surface area contributed by atoms with Gasteiger partial charge in [0.2, 0.25) is 0 Å². The summed E-state index contributed by atoms with van der Waals surface area (Å²) in [6, 6.07) is 11.9. The third-order valence-corrected chi connectivity index (χ3v) is 3.22. The van der Waals surface area contributed by atoms with Crippen LogP contribution in [-0.4, -0.2) is 17.8 Å². The molecule has 0 aliphatic heterocycles. The highest BCUT2D eigenvalue weighted by Crippen LogP contribution is 2.25. The number of aromatic nitrogens is 1. The van der Waals surface area contributed by atoms with Crippen LogP contribution in [0.3, 0.4) is 0 Å². The van der Waals surface area contributed by atoms with Crippen molar-refractivity contribution in [3.05, 3.63) is 53.7 Å². The first-order chi connectivity index (χ1) is 9.13. The molecule has 1 heterocycles. The molecule has 2 aromatic rings. The number of anilines is 2. The molecule has 0 fully saturated rings. The Morgan fingerprint density at radius 3 is 2.47 bits per heavy atom. The molecule has 0 unspecified atom stereocenters. The predicted molar refractivity (Wildman–Crippen MR) is 78.1 cm³/mol. The number of ketones is 1. The Kier molecular flexibility index (Phi) is 3.95. The topological polar surface area (TPSA) is 33.2 Å². The highest BCUT2D eigenvalue weighted by Gasteiger charge is 2.13. The van der Waals surface area contributed by atoms with Gasteiger partial charge in [0.05, 0.1) is 5.56 Å². The highest BCUT2D eigenvalue weighted by molar-refractivity contribution is 5.99. The van der Waals surface area contributed by atoms with Gasteiger partial charge in [-0.1, -0.05) is 19.1 Å². The maximum Gasteiger partial charge on any atom is 0.163 e. The number of nitrogens with zero attached hydrogens (tertiary/aromatic N) is 2. The van der Waals surface area contributed by atoms with Crippen LogP contribution < -0.4 is 4.90 Å². The molecule has 0 bridgehead atoms. The largest absolute Gasteiger partial charge is 0.329 e. The second kappa shape index (κ2) is 5.65. The van der Waals surface area contributed by atoms with Crippen molar-refractivity contribution in [1.29, 1.82) is 0 Å². The maximum absolute atomic E-state index is 11.6. The van der Waals surface area contributed by atoms with E-state index in [1.54, 1.807) is 19.2 Å². The summed E-state index contributed by atoms with van der Waals surface area (Å²) in [7, 11) is 1.93. The fourth-order valence-corrected chi connectivity index (χ4v) is 2.02. The quantitative estimate of drug-likeness (QED) is 0.781. The Morgan fingerprint density at radius 1 is 1.21 bits per heavy atom. The Bertz CT molecular complexity index is 576. The minimum Gasteiger partial charge on any atom is -0.329 e. The lowest BCUT2D eigenvalue weighted by molar-refractivity contribution is 0.101. The van der Waals surface area contributed by atoms with E-state index in [1.807, 2.05) is 18.0 Å². The summed E-state index contributed by atoms with van der Waals surface area (Å²) < 4.78 is 0. The van der Waals surface area contributed by atoms with Gasteiger partial charge in [-0.2, -0.15) is 0 Å². The van der Waals surface area contributed by atoms with Gasteiger partial charge in [-0.25, -0.2) is 4.98 Å². The lowest BCUT2D eigenvalue weighted by Crippen LogP contribution is -2.14. The summed E-state index contributed by atoms with van der Waals surface area (Å²) in [6.07, 6.45) is 2.73. The summed E-state index contributed by atoms with van der Waals surface area (Å²) >= 11 is 0. The fourth-order valence-electron chi connectivity index (χ4n) is 2.02. The molecule has 1 aromatic carbocycles. The van der Waals surface area contributed by atoms with Crippen molar-refractivity contribution in [3.63, 3.8) is 0 Å². The maximum atomic E-state index is 11.6. The van der Waals surface area contributed by atoms with Crippen molar-refractivity contribution in [1.82, 2.24) is 4.98 Å². The molecule has 0 N–H and O–H groups in total. The smallest absolute Gasteiger partial charge is 0.163 e. The van der Waals surface area contributed by atoms with Crippen LogP contribution in [0, 0.1) is 0 Å². The van der Waals surface area contributed by atoms with E-state index in [2.05, 4.69) is 36.2 Å². The van der Waals surface area contributed by atoms with E-state index >= 15 is 0 Å². The van der Waals surface area contributed by atoms with Gasteiger partial charge >= 0.3 is 0 Å². The Balaban J connectivity index is 2.37. The number of Topliss-reactive ketones (excluding diaryl/α,β-unsaturated/α-hetero) is 1. The predicted octanol–water partition coefficient (Wildman–Crippen LogP) is 3.61. The van der Waals surface area contributed by atoms with Crippen molar-refractivity contribution < 1.29 is 4.79 Å². The Labute approximate surface area is 113 Å². The van der Waals surface area contributed by atoms with E-state index < -0.39 is 0 Å².